The minimum Gasteiger partial charge on any atom is -0.492 e. The van der Waals surface area contributed by atoms with Crippen molar-refractivity contribution in [2.75, 3.05) is 24.6 Å². The molecular weight excluding hydrogens is 452 g/mol. The van der Waals surface area contributed by atoms with Gasteiger partial charge in [-0.15, -0.1) is 0 Å². The van der Waals surface area contributed by atoms with E-state index in [1.165, 1.54) is 5.56 Å². The van der Waals surface area contributed by atoms with Gasteiger partial charge in [0.15, 0.2) is 0 Å². The van der Waals surface area contributed by atoms with E-state index in [2.05, 4.69) is 33.5 Å². The monoisotopic (exact) mass is 480 g/mol. The Balaban J connectivity index is 1.37. The highest BCUT2D eigenvalue weighted by molar-refractivity contribution is 5.85. The fourth-order valence-corrected chi connectivity index (χ4v) is 5.02. The average molecular weight is 481 g/mol. The zero-order valence-electron chi connectivity index (χ0n) is 20.2. The standard InChI is InChI=1S/C28H28N6O2/c1-2-36-24-14-25(27-23(16-29)18-32-34(27)19-24)22-8-9-26(30-17-22)33-12-10-28(11-13-33,31-20-35)15-21-6-4-3-5-7-21/h3-9,14,17-20H,2,10-13,15H2,1H3,(H,31,35). The molecule has 0 bridgehead atoms. The Kier molecular flexibility index (Phi) is 6.54. The fraction of sp³-hybridized carbons (Fsp3) is 0.286. The van der Waals surface area contributed by atoms with Crippen LogP contribution in [0, 0.1) is 11.3 Å². The Morgan fingerprint density at radius 3 is 2.64 bits per heavy atom. The lowest BCUT2D eigenvalue weighted by atomic mass is 9.82. The number of pyridine rings is 2. The van der Waals surface area contributed by atoms with Gasteiger partial charge in [0.1, 0.15) is 17.6 Å². The van der Waals surface area contributed by atoms with Crippen molar-refractivity contribution < 1.29 is 9.53 Å². The van der Waals surface area contributed by atoms with Crippen molar-refractivity contribution in [3.8, 4) is 22.9 Å². The molecule has 3 aromatic heterocycles. The predicted octanol–water partition coefficient (Wildman–Crippen LogP) is 3.99. The largest absolute Gasteiger partial charge is 0.492 e. The number of nitrogens with zero attached hydrogens (tertiary/aromatic N) is 5. The lowest BCUT2D eigenvalue weighted by molar-refractivity contribution is -0.111. The van der Waals surface area contributed by atoms with Crippen molar-refractivity contribution in [3.05, 3.63) is 78.2 Å². The maximum atomic E-state index is 11.4. The number of carbonyl (C=O) groups is 1. The minimum absolute atomic E-state index is 0.249. The first-order valence-corrected chi connectivity index (χ1v) is 12.2. The molecule has 1 fully saturated rings. The molecule has 0 radical (unpaired) electrons. The lowest BCUT2D eigenvalue weighted by Gasteiger charge is -2.42. The Hall–Kier alpha value is -4.38. The molecule has 36 heavy (non-hydrogen) atoms. The second-order valence-corrected chi connectivity index (χ2v) is 9.08. The van der Waals surface area contributed by atoms with Gasteiger partial charge in [-0.1, -0.05) is 30.3 Å². The van der Waals surface area contributed by atoms with Crippen LogP contribution in [0.2, 0.25) is 0 Å². The van der Waals surface area contributed by atoms with Crippen LogP contribution in [0.4, 0.5) is 5.82 Å². The summed E-state index contributed by atoms with van der Waals surface area (Å²) < 4.78 is 7.40. The molecule has 8 nitrogen and oxygen atoms in total. The van der Waals surface area contributed by atoms with E-state index in [0.29, 0.717) is 17.9 Å². The van der Waals surface area contributed by atoms with E-state index >= 15 is 0 Å². The first-order chi connectivity index (χ1) is 17.6. The first kappa shape index (κ1) is 23.4. The van der Waals surface area contributed by atoms with Gasteiger partial charge in [0, 0.05) is 36.0 Å². The molecule has 4 aromatic rings. The molecule has 8 heteroatoms. The molecule has 0 atom stereocenters. The Morgan fingerprint density at radius 1 is 1.17 bits per heavy atom. The van der Waals surface area contributed by atoms with E-state index in [1.807, 2.05) is 49.5 Å². The van der Waals surface area contributed by atoms with Crippen LogP contribution in [0.3, 0.4) is 0 Å². The Labute approximate surface area is 210 Å². The number of rotatable bonds is 8. The number of fused-ring (bicyclic) bond motifs is 1. The van der Waals surface area contributed by atoms with Crippen molar-refractivity contribution in [1.82, 2.24) is 19.9 Å². The summed E-state index contributed by atoms with van der Waals surface area (Å²) >= 11 is 0. The highest BCUT2D eigenvalue weighted by Gasteiger charge is 2.34. The molecule has 0 unspecified atom stereocenters. The number of piperidine rings is 1. The highest BCUT2D eigenvalue weighted by Crippen LogP contribution is 2.33. The molecule has 1 aromatic carbocycles. The third-order valence-electron chi connectivity index (χ3n) is 6.87. The van der Waals surface area contributed by atoms with E-state index in [0.717, 1.165) is 61.2 Å². The van der Waals surface area contributed by atoms with Crippen LogP contribution >= 0.6 is 0 Å². The van der Waals surface area contributed by atoms with E-state index in [1.54, 1.807) is 16.9 Å². The summed E-state index contributed by atoms with van der Waals surface area (Å²) in [5.74, 6) is 1.58. The van der Waals surface area contributed by atoms with Gasteiger partial charge in [-0.3, -0.25) is 4.79 Å². The van der Waals surface area contributed by atoms with E-state index in [-0.39, 0.29) is 5.54 Å². The van der Waals surface area contributed by atoms with Crippen LogP contribution in [0.25, 0.3) is 16.6 Å². The number of hydrogen-bond acceptors (Lipinski definition) is 6. The summed E-state index contributed by atoms with van der Waals surface area (Å²) in [6, 6.07) is 18.5. The van der Waals surface area contributed by atoms with Crippen LogP contribution in [0.5, 0.6) is 5.75 Å². The van der Waals surface area contributed by atoms with Gasteiger partial charge in [-0.25, -0.2) is 9.50 Å². The van der Waals surface area contributed by atoms with Crippen molar-refractivity contribution in [1.29, 1.82) is 5.26 Å². The molecule has 182 valence electrons. The summed E-state index contributed by atoms with van der Waals surface area (Å²) in [5.41, 5.74) is 3.95. The van der Waals surface area contributed by atoms with Crippen molar-refractivity contribution in [2.45, 2.75) is 31.7 Å². The van der Waals surface area contributed by atoms with E-state index in [9.17, 15) is 10.1 Å². The van der Waals surface area contributed by atoms with Crippen LogP contribution in [0.15, 0.2) is 67.1 Å². The van der Waals surface area contributed by atoms with Crippen LogP contribution < -0.4 is 15.0 Å². The zero-order valence-corrected chi connectivity index (χ0v) is 20.2. The fourth-order valence-electron chi connectivity index (χ4n) is 5.02. The number of anilines is 1. The molecule has 4 heterocycles. The first-order valence-electron chi connectivity index (χ1n) is 12.2. The summed E-state index contributed by atoms with van der Waals surface area (Å²) in [6.45, 7) is 4.06. The van der Waals surface area contributed by atoms with Gasteiger partial charge >= 0.3 is 0 Å². The highest BCUT2D eigenvalue weighted by atomic mass is 16.5. The third-order valence-corrected chi connectivity index (χ3v) is 6.87. The topological polar surface area (TPSA) is 95.5 Å². The van der Waals surface area contributed by atoms with Crippen molar-refractivity contribution in [3.63, 3.8) is 0 Å². The molecule has 1 aliphatic heterocycles. The molecule has 0 saturated carbocycles. The summed E-state index contributed by atoms with van der Waals surface area (Å²) in [4.78, 5) is 18.4. The molecule has 0 aliphatic carbocycles. The number of ether oxygens (including phenoxy) is 1. The number of hydrogen-bond donors (Lipinski definition) is 1. The number of aromatic nitrogens is 3. The molecule has 5 rings (SSSR count). The van der Waals surface area contributed by atoms with Crippen LogP contribution in [-0.2, 0) is 11.2 Å². The maximum absolute atomic E-state index is 11.4. The van der Waals surface area contributed by atoms with Gasteiger partial charge < -0.3 is 15.0 Å². The van der Waals surface area contributed by atoms with Gasteiger partial charge in [-0.2, -0.15) is 10.4 Å². The molecule has 1 saturated heterocycles. The molecule has 1 amide bonds. The lowest BCUT2D eigenvalue weighted by Crippen LogP contribution is -2.54. The zero-order chi connectivity index (χ0) is 25.0. The third kappa shape index (κ3) is 4.60. The molecule has 1 aliphatic rings. The average Bonchev–Trinajstić information content (AvgIpc) is 3.33. The number of carbonyl (C=O) groups excluding carboxylic acids is 1. The predicted molar refractivity (Wildman–Crippen MR) is 138 cm³/mol. The van der Waals surface area contributed by atoms with Gasteiger partial charge in [0.2, 0.25) is 6.41 Å². The SMILES string of the molecule is CCOc1cc(-c2ccc(N3CCC(Cc4ccccc4)(NC=O)CC3)nc2)c2c(C#N)cnn2c1. The van der Waals surface area contributed by atoms with Crippen molar-refractivity contribution in [2.24, 2.45) is 0 Å². The number of amides is 1. The molecule has 1 N–H and O–H groups in total. The summed E-state index contributed by atoms with van der Waals surface area (Å²) in [5, 5.41) is 17.0. The maximum Gasteiger partial charge on any atom is 0.207 e. The second-order valence-electron chi connectivity index (χ2n) is 9.08. The molecule has 0 spiro atoms. The Morgan fingerprint density at radius 2 is 1.97 bits per heavy atom. The normalized spacial score (nSPS) is 14.8. The smallest absolute Gasteiger partial charge is 0.207 e. The van der Waals surface area contributed by atoms with Crippen LogP contribution in [-0.4, -0.2) is 46.2 Å². The van der Waals surface area contributed by atoms with E-state index in [4.69, 9.17) is 9.72 Å². The Bertz CT molecular complexity index is 1380. The summed E-state index contributed by atoms with van der Waals surface area (Å²) in [7, 11) is 0. The minimum atomic E-state index is -0.249. The van der Waals surface area contributed by atoms with Gasteiger partial charge in [0.05, 0.1) is 30.1 Å². The van der Waals surface area contributed by atoms with Gasteiger partial charge in [-0.05, 0) is 49.9 Å². The summed E-state index contributed by atoms with van der Waals surface area (Å²) in [6.07, 6.45) is 8.50. The van der Waals surface area contributed by atoms with Crippen LogP contribution in [0.1, 0.15) is 30.9 Å². The number of nitrogens with one attached hydrogen (secondary N) is 1. The quantitative estimate of drug-likeness (QED) is 0.383. The second kappa shape index (κ2) is 10.1. The molecular formula is C28H28N6O2. The van der Waals surface area contributed by atoms with Crippen molar-refractivity contribution >= 4 is 17.7 Å². The number of nitriles is 1. The number of benzene rings is 1. The van der Waals surface area contributed by atoms with Gasteiger partial charge in [0.25, 0.3) is 0 Å². The van der Waals surface area contributed by atoms with E-state index < -0.39 is 0 Å².